The van der Waals surface area contributed by atoms with Gasteiger partial charge in [0.05, 0.1) is 26.7 Å². The Labute approximate surface area is 271 Å². The molecule has 5 N–H and O–H groups in total. The van der Waals surface area contributed by atoms with Crippen LogP contribution in [0.4, 0.5) is 40.1 Å². The zero-order valence-electron chi connectivity index (χ0n) is 23.6. The summed E-state index contributed by atoms with van der Waals surface area (Å²) in [6.45, 7) is 2.33. The number of anilines is 1. The minimum Gasteiger partial charge on any atom is -0.475 e. The second-order valence-corrected chi connectivity index (χ2v) is 11.4. The lowest BCUT2D eigenvalue weighted by Crippen LogP contribution is -2.54. The van der Waals surface area contributed by atoms with Gasteiger partial charge in [-0.15, -0.1) is 11.3 Å². The van der Waals surface area contributed by atoms with Crippen molar-refractivity contribution < 1.29 is 59.7 Å². The van der Waals surface area contributed by atoms with Crippen LogP contribution < -0.4 is 11.1 Å². The Hall–Kier alpha value is -4.74. The number of nitriles is 1. The summed E-state index contributed by atoms with van der Waals surface area (Å²) in [5.74, 6) is -7.05. The SMILES string of the molecule is N#Cc1c(N)sc2c(F)ccc(-c3c(F)cc4c5c3c(Cl)nn5CC[C@H]3CNCCN3C4=O)c12.O=C(O)C(F)(F)F.O=C(O)C(F)(F)F. The molecular weight excluding hydrogens is 708 g/mol. The van der Waals surface area contributed by atoms with E-state index < -0.39 is 35.9 Å². The minimum absolute atomic E-state index is 0.0288. The molecule has 11 nitrogen and oxygen atoms in total. The van der Waals surface area contributed by atoms with Crippen molar-refractivity contribution in [2.75, 3.05) is 25.4 Å². The van der Waals surface area contributed by atoms with Crippen molar-refractivity contribution >= 4 is 66.8 Å². The molecule has 0 saturated carbocycles. The van der Waals surface area contributed by atoms with E-state index in [-0.39, 0.29) is 59.8 Å². The molecule has 1 amide bonds. The van der Waals surface area contributed by atoms with Crippen LogP contribution >= 0.6 is 22.9 Å². The number of nitrogens with zero attached hydrogens (tertiary/aromatic N) is 4. The van der Waals surface area contributed by atoms with Crippen LogP contribution in [0.15, 0.2) is 18.2 Å². The molecule has 0 unspecified atom stereocenters. The number of nitrogens with one attached hydrogen (secondary N) is 1. The van der Waals surface area contributed by atoms with Gasteiger partial charge in [-0.05, 0) is 24.1 Å². The number of fused-ring (bicyclic) bond motifs is 2. The molecule has 0 aliphatic carbocycles. The number of amides is 1. The maximum absolute atomic E-state index is 15.9. The molecule has 2 aromatic carbocycles. The van der Waals surface area contributed by atoms with E-state index in [1.54, 1.807) is 9.58 Å². The van der Waals surface area contributed by atoms with Crippen molar-refractivity contribution in [3.63, 3.8) is 0 Å². The van der Waals surface area contributed by atoms with Crippen molar-refractivity contribution in [2.24, 2.45) is 0 Å². The second kappa shape index (κ2) is 13.4. The van der Waals surface area contributed by atoms with E-state index in [0.29, 0.717) is 38.1 Å². The van der Waals surface area contributed by atoms with Crippen molar-refractivity contribution in [3.8, 4) is 17.2 Å². The molecule has 4 heterocycles. The first-order valence-electron chi connectivity index (χ1n) is 13.2. The van der Waals surface area contributed by atoms with Gasteiger partial charge in [0.15, 0.2) is 5.15 Å². The van der Waals surface area contributed by atoms with Gasteiger partial charge in [0.2, 0.25) is 0 Å². The molecule has 1 saturated heterocycles. The Bertz CT molecular complexity index is 1960. The van der Waals surface area contributed by atoms with Crippen LogP contribution in [0.2, 0.25) is 5.15 Å². The third-order valence-electron chi connectivity index (χ3n) is 7.12. The molecule has 21 heteroatoms. The highest BCUT2D eigenvalue weighted by molar-refractivity contribution is 7.23. The highest BCUT2D eigenvalue weighted by Gasteiger charge is 2.39. The van der Waals surface area contributed by atoms with E-state index in [1.807, 2.05) is 6.07 Å². The smallest absolute Gasteiger partial charge is 0.475 e. The summed E-state index contributed by atoms with van der Waals surface area (Å²) >= 11 is 7.49. The molecule has 1 fully saturated rings. The van der Waals surface area contributed by atoms with Crippen LogP contribution in [0.5, 0.6) is 0 Å². The number of piperazine rings is 1. The number of halogens is 9. The number of hydrogen-bond donors (Lipinski definition) is 4. The summed E-state index contributed by atoms with van der Waals surface area (Å²) in [6.07, 6.45) is -9.50. The summed E-state index contributed by atoms with van der Waals surface area (Å²) in [6, 6.07) is 5.81. The Morgan fingerprint density at radius 3 is 2.21 bits per heavy atom. The summed E-state index contributed by atoms with van der Waals surface area (Å²) < 4.78 is 95.8. The lowest BCUT2D eigenvalue weighted by molar-refractivity contribution is -0.193. The number of nitrogen functional groups attached to an aromatic ring is 1. The lowest BCUT2D eigenvalue weighted by atomic mass is 9.93. The number of carboxylic acid groups (broad SMARTS) is 2. The molecule has 0 radical (unpaired) electrons. The van der Waals surface area contributed by atoms with Crippen molar-refractivity contribution in [1.29, 1.82) is 5.26 Å². The Kier molecular flexibility index (Phi) is 10.1. The van der Waals surface area contributed by atoms with Crippen LogP contribution in [0.3, 0.4) is 0 Å². The number of alkyl halides is 6. The van der Waals surface area contributed by atoms with Crippen molar-refractivity contribution in [3.05, 3.63) is 46.1 Å². The number of thiophene rings is 1. The molecule has 256 valence electrons. The number of benzene rings is 2. The number of aryl methyl sites for hydroxylation is 1. The summed E-state index contributed by atoms with van der Waals surface area (Å²) in [5, 5.41) is 32.3. The number of carbonyl (C=O) groups excluding carboxylic acids is 1. The van der Waals surface area contributed by atoms with Gasteiger partial charge in [-0.1, -0.05) is 17.7 Å². The molecular formula is C27H19ClF8N6O5S. The molecule has 2 aromatic heterocycles. The average molecular weight is 727 g/mol. The third kappa shape index (κ3) is 6.93. The number of aliphatic carboxylic acids is 2. The normalized spacial score (nSPS) is 16.1. The molecule has 1 atom stereocenters. The van der Waals surface area contributed by atoms with Crippen LogP contribution in [-0.2, 0) is 16.1 Å². The molecule has 2 aliphatic heterocycles. The average Bonchev–Trinajstić information content (AvgIpc) is 3.51. The van der Waals surface area contributed by atoms with E-state index in [2.05, 4.69) is 10.4 Å². The molecule has 4 aromatic rings. The predicted molar refractivity (Wildman–Crippen MR) is 154 cm³/mol. The van der Waals surface area contributed by atoms with Gasteiger partial charge in [-0.25, -0.2) is 18.4 Å². The first-order valence-corrected chi connectivity index (χ1v) is 14.4. The number of carbonyl (C=O) groups is 3. The fourth-order valence-electron chi connectivity index (χ4n) is 5.12. The Balaban J connectivity index is 0.000000314. The van der Waals surface area contributed by atoms with Crippen molar-refractivity contribution in [2.45, 2.75) is 31.4 Å². The predicted octanol–water partition coefficient (Wildman–Crippen LogP) is 5.39. The first-order chi connectivity index (χ1) is 22.3. The number of aromatic nitrogens is 2. The number of rotatable bonds is 1. The third-order valence-corrected chi connectivity index (χ3v) is 8.42. The number of nitrogens with two attached hydrogens (primary N) is 1. The Morgan fingerprint density at radius 2 is 1.65 bits per heavy atom. The summed E-state index contributed by atoms with van der Waals surface area (Å²) in [4.78, 5) is 33.1. The topological polar surface area (TPSA) is 175 Å². The standard InChI is InChI=1S/C23H17ClF2N6OS.2C2HF3O2/c24-21-18-17(11-1-2-14(25)20-16(11)13(8-27)22(28)34-20)15(26)7-12-19(18)32(30-21)5-3-10-9-29-4-6-31(10)23(12)33;2*3-2(4,5)1(6)7/h1-2,7,10,29H,3-6,9,28H2;2*(H,6,7)/t10-;;/m0../s1. The molecule has 0 spiro atoms. The number of carboxylic acids is 2. The van der Waals surface area contributed by atoms with E-state index in [0.717, 1.165) is 11.3 Å². The fraction of sp³-hybridized carbons (Fsp3) is 0.296. The van der Waals surface area contributed by atoms with Crippen molar-refractivity contribution in [1.82, 2.24) is 20.0 Å². The minimum atomic E-state index is -5.08. The zero-order chi connectivity index (χ0) is 35.9. The quantitative estimate of drug-likeness (QED) is 0.188. The molecule has 0 bridgehead atoms. The van der Waals surface area contributed by atoms with Crippen LogP contribution in [0, 0.1) is 23.0 Å². The molecule has 2 aliphatic rings. The largest absolute Gasteiger partial charge is 0.490 e. The summed E-state index contributed by atoms with van der Waals surface area (Å²) in [7, 11) is 0. The maximum atomic E-state index is 15.9. The van der Waals surface area contributed by atoms with Gasteiger partial charge in [-0.2, -0.15) is 36.7 Å². The highest BCUT2D eigenvalue weighted by Crippen LogP contribution is 2.46. The van der Waals surface area contributed by atoms with Gasteiger partial charge in [0.1, 0.15) is 22.7 Å². The monoisotopic (exact) mass is 726 g/mol. The van der Waals surface area contributed by atoms with Crippen LogP contribution in [0.25, 0.3) is 32.1 Å². The van der Waals surface area contributed by atoms with Gasteiger partial charge in [-0.3, -0.25) is 9.48 Å². The van der Waals surface area contributed by atoms with E-state index >= 15 is 4.39 Å². The van der Waals surface area contributed by atoms with Gasteiger partial charge in [0, 0.05) is 43.2 Å². The highest BCUT2D eigenvalue weighted by atomic mass is 35.5. The maximum Gasteiger partial charge on any atom is 0.490 e. The van der Waals surface area contributed by atoms with E-state index in [9.17, 15) is 40.8 Å². The van der Waals surface area contributed by atoms with Gasteiger partial charge < -0.3 is 26.2 Å². The van der Waals surface area contributed by atoms with E-state index in [4.69, 9.17) is 37.1 Å². The van der Waals surface area contributed by atoms with Crippen LogP contribution in [0.1, 0.15) is 22.3 Å². The summed E-state index contributed by atoms with van der Waals surface area (Å²) in [5.41, 5.74) is 7.02. The zero-order valence-corrected chi connectivity index (χ0v) is 25.2. The van der Waals surface area contributed by atoms with Gasteiger partial charge in [0.25, 0.3) is 5.91 Å². The molecule has 6 rings (SSSR count). The number of hydrogen-bond acceptors (Lipinski definition) is 8. The van der Waals surface area contributed by atoms with Crippen LogP contribution in [-0.4, -0.2) is 80.8 Å². The Morgan fingerprint density at radius 1 is 1.04 bits per heavy atom. The molecule has 48 heavy (non-hydrogen) atoms. The van der Waals surface area contributed by atoms with E-state index in [1.165, 1.54) is 18.2 Å². The second-order valence-electron chi connectivity index (χ2n) is 10.0. The lowest BCUT2D eigenvalue weighted by Gasteiger charge is -2.37. The first kappa shape index (κ1) is 36.1. The fourth-order valence-corrected chi connectivity index (χ4v) is 6.35. The van der Waals surface area contributed by atoms with Gasteiger partial charge >= 0.3 is 24.3 Å².